The summed E-state index contributed by atoms with van der Waals surface area (Å²) in [5.74, 6) is 0.647. The quantitative estimate of drug-likeness (QED) is 0.596. The van der Waals surface area contributed by atoms with Gasteiger partial charge in [0.15, 0.2) is 0 Å². The molecule has 0 saturated carbocycles. The van der Waals surface area contributed by atoms with E-state index < -0.39 is 4.92 Å². The molecule has 7 heteroatoms. The van der Waals surface area contributed by atoms with Gasteiger partial charge in [0.25, 0.3) is 5.69 Å². The Hall–Kier alpha value is -3.22. The molecule has 1 amide bonds. The Morgan fingerprint density at radius 1 is 1.32 bits per heavy atom. The predicted octanol–water partition coefficient (Wildman–Crippen LogP) is 3.86. The lowest BCUT2D eigenvalue weighted by Crippen LogP contribution is -2.31. The fourth-order valence-corrected chi connectivity index (χ4v) is 4.14. The van der Waals surface area contributed by atoms with Crippen molar-refractivity contribution in [3.63, 3.8) is 0 Å². The average molecular weight is 379 g/mol. The maximum atomic E-state index is 12.7. The van der Waals surface area contributed by atoms with Crippen molar-refractivity contribution in [3.05, 3.63) is 69.3 Å². The molecule has 2 atom stereocenters. The highest BCUT2D eigenvalue weighted by Crippen LogP contribution is 2.44. The normalized spacial score (nSPS) is 20.2. The summed E-state index contributed by atoms with van der Waals surface area (Å²) < 4.78 is 5.37. The molecule has 0 bridgehead atoms. The van der Waals surface area contributed by atoms with Gasteiger partial charge in [-0.25, -0.2) is 5.01 Å². The van der Waals surface area contributed by atoms with Crippen molar-refractivity contribution in [2.24, 2.45) is 11.0 Å². The van der Waals surface area contributed by atoms with Gasteiger partial charge in [-0.15, -0.1) is 0 Å². The second-order valence-electron chi connectivity index (χ2n) is 7.04. The van der Waals surface area contributed by atoms with E-state index >= 15 is 0 Å². The van der Waals surface area contributed by atoms with Gasteiger partial charge in [-0.3, -0.25) is 14.9 Å². The first-order valence-electron chi connectivity index (χ1n) is 9.35. The molecule has 2 aromatic rings. The van der Waals surface area contributed by atoms with Gasteiger partial charge in [-0.1, -0.05) is 25.1 Å². The number of carbonyl (C=O) groups is 1. The van der Waals surface area contributed by atoms with Crippen LogP contribution in [0.15, 0.2) is 47.6 Å². The average Bonchev–Trinajstić information content (AvgIpc) is 3.12. The number of benzene rings is 2. The predicted molar refractivity (Wildman–Crippen MR) is 104 cm³/mol. The fourth-order valence-electron chi connectivity index (χ4n) is 4.14. The topological polar surface area (TPSA) is 85.0 Å². The first kappa shape index (κ1) is 18.2. The van der Waals surface area contributed by atoms with Crippen LogP contribution in [-0.2, 0) is 11.2 Å². The van der Waals surface area contributed by atoms with Gasteiger partial charge in [0.2, 0.25) is 5.91 Å². The molecule has 0 saturated heterocycles. The van der Waals surface area contributed by atoms with Crippen molar-refractivity contribution in [2.45, 2.75) is 32.2 Å². The molecule has 0 unspecified atom stereocenters. The number of methoxy groups -OCH3 is 1. The Morgan fingerprint density at radius 2 is 2.14 bits per heavy atom. The Kier molecular flexibility index (Phi) is 4.58. The second-order valence-corrected chi connectivity index (χ2v) is 7.04. The van der Waals surface area contributed by atoms with Gasteiger partial charge in [-0.2, -0.15) is 5.10 Å². The Morgan fingerprint density at radius 3 is 2.86 bits per heavy atom. The van der Waals surface area contributed by atoms with Crippen LogP contribution in [0.1, 0.15) is 42.5 Å². The van der Waals surface area contributed by atoms with Crippen LogP contribution in [0.25, 0.3) is 0 Å². The summed E-state index contributed by atoms with van der Waals surface area (Å²) in [6.45, 7) is 1.80. The summed E-state index contributed by atoms with van der Waals surface area (Å²) >= 11 is 0. The molecule has 4 rings (SSSR count). The van der Waals surface area contributed by atoms with Gasteiger partial charge in [0, 0.05) is 30.0 Å². The van der Waals surface area contributed by atoms with Crippen LogP contribution in [0.4, 0.5) is 5.69 Å². The summed E-state index contributed by atoms with van der Waals surface area (Å²) in [6.07, 6.45) is 2.02. The van der Waals surface area contributed by atoms with E-state index in [2.05, 4.69) is 0 Å². The molecule has 28 heavy (non-hydrogen) atoms. The Labute approximate surface area is 162 Å². The first-order chi connectivity index (χ1) is 13.5. The molecule has 2 aliphatic rings. The van der Waals surface area contributed by atoms with Crippen LogP contribution in [0, 0.1) is 16.0 Å². The molecular formula is C21H21N3O4. The monoisotopic (exact) mass is 379 g/mol. The fraction of sp³-hybridized carbons (Fsp3) is 0.333. The highest BCUT2D eigenvalue weighted by Gasteiger charge is 2.43. The number of non-ortho nitro benzene ring substituents is 1. The van der Waals surface area contributed by atoms with E-state index in [1.165, 1.54) is 16.6 Å². The lowest BCUT2D eigenvalue weighted by atomic mass is 9.77. The van der Waals surface area contributed by atoms with Crippen LogP contribution < -0.4 is 4.74 Å². The summed E-state index contributed by atoms with van der Waals surface area (Å²) in [5.41, 5.74) is 3.80. The van der Waals surface area contributed by atoms with Crippen LogP contribution in [-0.4, -0.2) is 28.7 Å². The molecule has 144 valence electrons. The van der Waals surface area contributed by atoms with E-state index in [0.29, 0.717) is 6.42 Å². The molecule has 2 aromatic carbocycles. The highest BCUT2D eigenvalue weighted by atomic mass is 16.6. The number of hydrogen-bond acceptors (Lipinski definition) is 5. The molecular weight excluding hydrogens is 358 g/mol. The van der Waals surface area contributed by atoms with Gasteiger partial charge in [-0.05, 0) is 36.1 Å². The van der Waals surface area contributed by atoms with Crippen LogP contribution in [0.2, 0.25) is 0 Å². The molecule has 0 radical (unpaired) electrons. The van der Waals surface area contributed by atoms with Crippen molar-refractivity contribution in [2.75, 3.05) is 7.11 Å². The lowest BCUT2D eigenvalue weighted by molar-refractivity contribution is -0.385. The van der Waals surface area contributed by atoms with Crippen molar-refractivity contribution in [3.8, 4) is 5.75 Å². The number of fused-ring (bicyclic) bond motifs is 3. The summed E-state index contributed by atoms with van der Waals surface area (Å²) in [5, 5.41) is 17.5. The Bertz CT molecular complexity index is 985. The Balaban J connectivity index is 1.81. The molecule has 1 aliphatic carbocycles. The van der Waals surface area contributed by atoms with Gasteiger partial charge >= 0.3 is 0 Å². The molecule has 1 heterocycles. The van der Waals surface area contributed by atoms with Gasteiger partial charge < -0.3 is 4.74 Å². The van der Waals surface area contributed by atoms with Crippen molar-refractivity contribution in [1.29, 1.82) is 0 Å². The zero-order valence-electron chi connectivity index (χ0n) is 15.8. The maximum Gasteiger partial charge on any atom is 0.269 e. The van der Waals surface area contributed by atoms with Gasteiger partial charge in [0.1, 0.15) is 5.75 Å². The summed E-state index contributed by atoms with van der Waals surface area (Å²) in [4.78, 5) is 23.5. The summed E-state index contributed by atoms with van der Waals surface area (Å²) in [7, 11) is 1.62. The zero-order valence-corrected chi connectivity index (χ0v) is 15.8. The molecule has 1 aliphatic heterocycles. The summed E-state index contributed by atoms with van der Waals surface area (Å²) in [6, 6.07) is 12.1. The largest absolute Gasteiger partial charge is 0.497 e. The maximum absolute atomic E-state index is 12.7. The molecule has 0 fully saturated rings. The van der Waals surface area contributed by atoms with Crippen LogP contribution in [0.5, 0.6) is 5.75 Å². The highest BCUT2D eigenvalue weighted by molar-refractivity contribution is 6.07. The number of ether oxygens (including phenoxy) is 1. The van der Waals surface area contributed by atoms with Crippen molar-refractivity contribution >= 4 is 17.3 Å². The van der Waals surface area contributed by atoms with Crippen LogP contribution in [0.3, 0.4) is 0 Å². The minimum atomic E-state index is -0.409. The number of nitro benzene ring substituents is 1. The molecule has 0 aromatic heterocycles. The standard InChI is InChI=1S/C21H21N3O4/c1-3-19(25)23-21(14-5-4-6-15(11-14)24(26)27)17-10-8-13-7-9-16(28-2)12-18(13)20(17)22-23/h4-7,9,11-12,17,21H,3,8,10H2,1-2H3/t17-,21-/m1/s1. The van der Waals surface area contributed by atoms with E-state index in [0.717, 1.165) is 35.4 Å². The number of aryl methyl sites for hydroxylation is 1. The zero-order chi connectivity index (χ0) is 19.8. The van der Waals surface area contributed by atoms with Crippen molar-refractivity contribution < 1.29 is 14.5 Å². The third-order valence-electron chi connectivity index (χ3n) is 5.51. The number of nitro groups is 1. The lowest BCUT2D eigenvalue weighted by Gasteiger charge is -2.29. The number of nitrogens with zero attached hydrogens (tertiary/aromatic N) is 3. The van der Waals surface area contributed by atoms with Crippen molar-refractivity contribution in [1.82, 2.24) is 5.01 Å². The van der Waals surface area contributed by atoms with Gasteiger partial charge in [0.05, 0.1) is 23.8 Å². The number of rotatable bonds is 4. The molecule has 0 N–H and O–H groups in total. The number of hydrazone groups is 1. The van der Waals surface area contributed by atoms with Crippen LogP contribution >= 0.6 is 0 Å². The second kappa shape index (κ2) is 7.07. The van der Waals surface area contributed by atoms with E-state index in [9.17, 15) is 14.9 Å². The molecule has 0 spiro atoms. The molecule has 7 nitrogen and oxygen atoms in total. The number of hydrogen-bond donors (Lipinski definition) is 0. The first-order valence-corrected chi connectivity index (χ1v) is 9.35. The minimum Gasteiger partial charge on any atom is -0.497 e. The minimum absolute atomic E-state index is 0.00268. The number of amides is 1. The smallest absolute Gasteiger partial charge is 0.269 e. The van der Waals surface area contributed by atoms with E-state index in [1.54, 1.807) is 26.2 Å². The van der Waals surface area contributed by atoms with E-state index in [4.69, 9.17) is 9.84 Å². The SMILES string of the molecule is CCC(=O)N1N=C2c3cc(OC)ccc3CC[C@H]2[C@H]1c1cccc([N+](=O)[O-])c1. The third-order valence-corrected chi connectivity index (χ3v) is 5.51. The third kappa shape index (κ3) is 2.93. The number of carbonyl (C=O) groups excluding carboxylic acids is 1. The van der Waals surface area contributed by atoms with E-state index in [1.807, 2.05) is 24.3 Å². The van der Waals surface area contributed by atoms with E-state index in [-0.39, 0.29) is 23.6 Å².